The third-order valence-electron chi connectivity index (χ3n) is 11.6. The number of hydrogen-bond donors (Lipinski definition) is 0. The zero-order valence-corrected chi connectivity index (χ0v) is 11.4. The number of hydrogen-bond acceptors (Lipinski definition) is 0. The van der Waals surface area contributed by atoms with Gasteiger partial charge in [-0.2, -0.15) is 0 Å². The van der Waals surface area contributed by atoms with Crippen LogP contribution in [0.1, 0.15) is 25.7 Å². The third-order valence-corrected chi connectivity index (χ3v) is 11.6. The molecule has 0 nitrogen and oxygen atoms in total. The van der Waals surface area contributed by atoms with Gasteiger partial charge in [-0.15, -0.1) is 0 Å². The van der Waals surface area contributed by atoms with Crippen LogP contribution >= 0.6 is 0 Å². The molecule has 0 aromatic carbocycles. The molecule has 19 heavy (non-hydrogen) atoms. The molecular formula is C19H22. The lowest BCUT2D eigenvalue weighted by Crippen LogP contribution is -2.90. The van der Waals surface area contributed by atoms with E-state index < -0.39 is 0 Å². The quantitative estimate of drug-likeness (QED) is 0.579. The third kappa shape index (κ3) is 0.480. The van der Waals surface area contributed by atoms with Crippen molar-refractivity contribution in [3.8, 4) is 0 Å². The minimum atomic E-state index is 1.05. The second-order valence-corrected chi connectivity index (χ2v) is 10.5. The Balaban J connectivity index is 1.13. The van der Waals surface area contributed by atoms with Crippen molar-refractivity contribution in [2.24, 2.45) is 88.3 Å². The maximum Gasteiger partial charge on any atom is -0.0201 e. The summed E-state index contributed by atoms with van der Waals surface area (Å²) < 4.78 is 0. The molecule has 0 aliphatic heterocycles. The van der Waals surface area contributed by atoms with E-state index >= 15 is 0 Å². The van der Waals surface area contributed by atoms with Crippen molar-refractivity contribution in [3.05, 3.63) is 0 Å². The van der Waals surface area contributed by atoms with Crippen LogP contribution in [0.5, 0.6) is 0 Å². The summed E-state index contributed by atoms with van der Waals surface area (Å²) in [6.07, 6.45) is 6.66. The molecule has 9 fully saturated rings. The Bertz CT molecular complexity index is 591. The van der Waals surface area contributed by atoms with Gasteiger partial charge in [0.15, 0.2) is 0 Å². The molecule has 0 aromatic rings. The Labute approximate surface area is 114 Å². The molecule has 98 valence electrons. The van der Waals surface area contributed by atoms with Gasteiger partial charge in [0.05, 0.1) is 0 Å². The minimum absolute atomic E-state index is 1.05. The fourth-order valence-corrected chi connectivity index (χ4v) is 11.3. The van der Waals surface area contributed by atoms with Crippen molar-refractivity contribution in [2.45, 2.75) is 25.7 Å². The van der Waals surface area contributed by atoms with Crippen molar-refractivity contribution >= 4 is 0 Å². The normalized spacial score (nSPS) is 94.7. The first-order chi connectivity index (χ1) is 9.43. The van der Waals surface area contributed by atoms with Crippen molar-refractivity contribution in [3.63, 3.8) is 0 Å². The van der Waals surface area contributed by atoms with Gasteiger partial charge >= 0.3 is 0 Å². The van der Waals surface area contributed by atoms with Gasteiger partial charge in [0.25, 0.3) is 0 Å². The smallest absolute Gasteiger partial charge is 0.0201 e. The summed E-state index contributed by atoms with van der Waals surface area (Å²) in [5.74, 6) is 18.2. The molecule has 1 spiro atoms. The van der Waals surface area contributed by atoms with Gasteiger partial charge in [0.2, 0.25) is 0 Å². The van der Waals surface area contributed by atoms with E-state index in [1.807, 2.05) is 0 Å². The van der Waals surface area contributed by atoms with Gasteiger partial charge in [-0.1, -0.05) is 0 Å². The highest BCUT2D eigenvalue weighted by atomic mass is 15.0. The molecule has 0 heterocycles. The van der Waals surface area contributed by atoms with E-state index in [2.05, 4.69) is 0 Å². The summed E-state index contributed by atoms with van der Waals surface area (Å²) in [5.41, 5.74) is 1.05. The van der Waals surface area contributed by atoms with E-state index in [-0.39, 0.29) is 0 Å². The molecule has 0 aromatic heterocycles. The van der Waals surface area contributed by atoms with E-state index in [9.17, 15) is 0 Å². The predicted molar refractivity (Wildman–Crippen MR) is 69.8 cm³/mol. The molecule has 0 amide bonds. The van der Waals surface area contributed by atoms with Crippen LogP contribution in [0.15, 0.2) is 0 Å². The lowest BCUT2D eigenvalue weighted by atomic mass is 9.11. The second-order valence-electron chi connectivity index (χ2n) is 10.5. The topological polar surface area (TPSA) is 0 Å². The highest BCUT2D eigenvalue weighted by Gasteiger charge is 2.95. The Morgan fingerprint density at radius 3 is 1.89 bits per heavy atom. The number of rotatable bonds is 0. The molecule has 15 atom stereocenters. The first-order valence-electron chi connectivity index (χ1n) is 9.43. The Morgan fingerprint density at radius 2 is 1.26 bits per heavy atom. The standard InChI is InChI=1S/C19H22/c1-2-7-6(1)9-10(7)13-12(9)15-14-11-8-3-5-4-19(5,8)18(11)17(14)16(13)15/h5-18H,1-4H2. The summed E-state index contributed by atoms with van der Waals surface area (Å²) in [6, 6.07) is 0. The predicted octanol–water partition coefficient (Wildman–Crippen LogP) is 3.28. The Kier molecular flexibility index (Phi) is 0.855. The molecule has 0 N–H and O–H groups in total. The van der Waals surface area contributed by atoms with Crippen LogP contribution < -0.4 is 0 Å². The van der Waals surface area contributed by atoms with Crippen LogP contribution in [0.3, 0.4) is 0 Å². The summed E-state index contributed by atoms with van der Waals surface area (Å²) in [6.45, 7) is 0. The van der Waals surface area contributed by atoms with E-state index in [1.165, 1.54) is 82.9 Å². The van der Waals surface area contributed by atoms with Crippen LogP contribution in [0.4, 0.5) is 0 Å². The lowest BCUT2D eigenvalue weighted by molar-refractivity contribution is -0.469. The number of fused-ring (bicyclic) bond motifs is 17. The molecule has 0 radical (unpaired) electrons. The van der Waals surface area contributed by atoms with E-state index in [0.29, 0.717) is 0 Å². The van der Waals surface area contributed by atoms with E-state index in [1.54, 1.807) is 25.7 Å². The molecule has 15 unspecified atom stereocenters. The molecule has 9 saturated carbocycles. The van der Waals surface area contributed by atoms with Gasteiger partial charge in [0.1, 0.15) is 0 Å². The molecule has 0 heteroatoms. The van der Waals surface area contributed by atoms with Crippen LogP contribution in [0.2, 0.25) is 0 Å². The minimum Gasteiger partial charge on any atom is -0.0496 e. The molecule has 9 aliphatic carbocycles. The average Bonchev–Trinajstić information content (AvgIpc) is 2.98. The van der Waals surface area contributed by atoms with Crippen LogP contribution in [-0.4, -0.2) is 0 Å². The largest absolute Gasteiger partial charge is 0.0496 e. The fraction of sp³-hybridized carbons (Fsp3) is 1.00. The molecule has 0 saturated heterocycles. The maximum absolute atomic E-state index is 1.70. The monoisotopic (exact) mass is 250 g/mol. The van der Waals surface area contributed by atoms with Gasteiger partial charge in [-0.05, 0) is 114 Å². The van der Waals surface area contributed by atoms with Crippen molar-refractivity contribution in [1.82, 2.24) is 0 Å². The van der Waals surface area contributed by atoms with Crippen molar-refractivity contribution in [2.75, 3.05) is 0 Å². The summed E-state index contributed by atoms with van der Waals surface area (Å²) >= 11 is 0. The maximum atomic E-state index is 1.70. The Hall–Kier alpha value is 0. The van der Waals surface area contributed by atoms with Crippen molar-refractivity contribution in [1.29, 1.82) is 0 Å². The average molecular weight is 250 g/mol. The van der Waals surface area contributed by atoms with Gasteiger partial charge in [-0.25, -0.2) is 0 Å². The highest BCUT2D eigenvalue weighted by Crippen LogP contribution is 2.99. The summed E-state index contributed by atoms with van der Waals surface area (Å²) in [5, 5.41) is 0. The molecule has 9 aliphatic rings. The van der Waals surface area contributed by atoms with Crippen LogP contribution in [0.25, 0.3) is 0 Å². The van der Waals surface area contributed by atoms with E-state index in [0.717, 1.165) is 5.41 Å². The van der Waals surface area contributed by atoms with Gasteiger partial charge in [-0.3, -0.25) is 0 Å². The second kappa shape index (κ2) is 1.92. The summed E-state index contributed by atoms with van der Waals surface area (Å²) in [4.78, 5) is 0. The van der Waals surface area contributed by atoms with Crippen LogP contribution in [0, 0.1) is 88.3 Å². The molecular weight excluding hydrogens is 228 g/mol. The lowest BCUT2D eigenvalue weighted by Gasteiger charge is -2.93. The summed E-state index contributed by atoms with van der Waals surface area (Å²) in [7, 11) is 0. The highest BCUT2D eigenvalue weighted by molar-refractivity contribution is 5.42. The van der Waals surface area contributed by atoms with Crippen LogP contribution in [-0.2, 0) is 0 Å². The van der Waals surface area contributed by atoms with Gasteiger partial charge in [0, 0.05) is 0 Å². The fourth-order valence-electron chi connectivity index (χ4n) is 11.3. The zero-order chi connectivity index (χ0) is 11.4. The molecule has 0 bridgehead atoms. The van der Waals surface area contributed by atoms with Crippen molar-refractivity contribution < 1.29 is 0 Å². The van der Waals surface area contributed by atoms with Gasteiger partial charge < -0.3 is 0 Å². The first-order valence-corrected chi connectivity index (χ1v) is 9.43. The zero-order valence-electron chi connectivity index (χ0n) is 11.4. The molecule has 9 rings (SSSR count). The van der Waals surface area contributed by atoms with E-state index in [4.69, 9.17) is 0 Å². The SMILES string of the molecule is C1CC2C1C1C2C2C1C1C2C2C1C1C3CC4CC43C21. The Morgan fingerprint density at radius 1 is 0.632 bits per heavy atom. The first kappa shape index (κ1) is 8.44.